The second kappa shape index (κ2) is 13.8. The van der Waals surface area contributed by atoms with E-state index in [2.05, 4.69) is 16.8 Å². The molecule has 2 aliphatic rings. The highest BCUT2D eigenvalue weighted by Crippen LogP contribution is 2.42. The minimum absolute atomic E-state index is 0.0159. The zero-order valence-corrected chi connectivity index (χ0v) is 27.8. The van der Waals surface area contributed by atoms with E-state index in [1.165, 1.54) is 44.9 Å². The van der Waals surface area contributed by atoms with E-state index >= 15 is 8.78 Å². The Morgan fingerprint density at radius 2 is 1.85 bits per heavy atom. The molecule has 0 saturated carbocycles. The quantitative estimate of drug-likeness (QED) is 0.173. The Hall–Kier alpha value is -3.26. The number of anilines is 2. The number of benzene rings is 2. The first-order valence-corrected chi connectivity index (χ1v) is 16.8. The fraction of sp³-hybridized carbons (Fsp3) is 0.469. The number of ether oxygens (including phenoxy) is 3. The molecule has 0 bridgehead atoms. The summed E-state index contributed by atoms with van der Waals surface area (Å²) in [6.45, 7) is 5.28. The van der Waals surface area contributed by atoms with Gasteiger partial charge in [-0.3, -0.25) is 0 Å². The molecule has 1 aromatic heterocycles. The number of hydrogen-bond donors (Lipinski definition) is 0. The summed E-state index contributed by atoms with van der Waals surface area (Å²) >= 11 is 6.43. The van der Waals surface area contributed by atoms with Gasteiger partial charge in [-0.1, -0.05) is 24.6 Å². The number of pyridine rings is 1. The van der Waals surface area contributed by atoms with Crippen LogP contribution in [0.5, 0.6) is 11.5 Å². The first kappa shape index (κ1) is 34.1. The number of piperidine rings is 1. The lowest BCUT2D eigenvalue weighted by Crippen LogP contribution is -2.64. The molecule has 46 heavy (non-hydrogen) atoms. The highest BCUT2D eigenvalue weighted by Gasteiger charge is 2.45. The molecule has 0 aliphatic carbocycles. The average Bonchev–Trinajstić information content (AvgIpc) is 3.01. The van der Waals surface area contributed by atoms with Gasteiger partial charge in [0.05, 0.1) is 26.5 Å². The number of nitrogens with zero attached hydrogens (tertiary/aromatic N) is 4. The summed E-state index contributed by atoms with van der Waals surface area (Å²) in [6, 6.07) is 9.01. The maximum atomic E-state index is 16.0. The van der Waals surface area contributed by atoms with Crippen LogP contribution in [0.15, 0.2) is 47.4 Å². The van der Waals surface area contributed by atoms with Gasteiger partial charge in [-0.05, 0) is 56.0 Å². The molecule has 0 radical (unpaired) electrons. The third-order valence-corrected chi connectivity index (χ3v) is 10.9. The van der Waals surface area contributed by atoms with E-state index in [9.17, 15) is 12.8 Å². The molecule has 2 fully saturated rings. The van der Waals surface area contributed by atoms with E-state index < -0.39 is 55.5 Å². The highest BCUT2D eigenvalue weighted by molar-refractivity contribution is 7.92. The molecule has 2 aliphatic heterocycles. The second-order valence-corrected chi connectivity index (χ2v) is 14.1. The SMILES string of the molecule is COc1ccc(CN(c2cccc(F)n2)S(=O)(=O)c2c(F)cc(N3CC(CCN4CCC[C@@H](C)C4)(OC)C3)c(Cl)c2F)c(OC)c1. The number of likely N-dealkylation sites (tertiary alicyclic amines) is 1. The van der Waals surface area contributed by atoms with E-state index in [-0.39, 0.29) is 11.4 Å². The molecule has 0 N–H and O–H groups in total. The smallest absolute Gasteiger partial charge is 0.271 e. The van der Waals surface area contributed by atoms with E-state index in [0.717, 1.165) is 44.6 Å². The Kier molecular flexibility index (Phi) is 10.3. The molecule has 5 rings (SSSR count). The van der Waals surface area contributed by atoms with Crippen LogP contribution in [-0.4, -0.2) is 78.0 Å². The number of methoxy groups -OCH3 is 3. The van der Waals surface area contributed by atoms with Gasteiger partial charge in [-0.25, -0.2) is 26.5 Å². The first-order valence-electron chi connectivity index (χ1n) is 15.0. The Bertz CT molecular complexity index is 1680. The maximum Gasteiger partial charge on any atom is 0.271 e. The van der Waals surface area contributed by atoms with E-state index in [0.29, 0.717) is 34.6 Å². The predicted molar refractivity (Wildman–Crippen MR) is 170 cm³/mol. The number of rotatable bonds is 12. The van der Waals surface area contributed by atoms with Crippen LogP contribution in [0, 0.1) is 23.5 Å². The zero-order chi connectivity index (χ0) is 33.2. The summed E-state index contributed by atoms with van der Waals surface area (Å²) in [7, 11) is -0.608. The average molecular weight is 683 g/mol. The Labute approximate surface area is 272 Å². The topological polar surface area (TPSA) is 84.4 Å². The number of sulfonamides is 1. The van der Waals surface area contributed by atoms with Crippen molar-refractivity contribution in [2.45, 2.75) is 43.2 Å². The third-order valence-electron chi connectivity index (χ3n) is 8.77. The van der Waals surface area contributed by atoms with Crippen molar-refractivity contribution in [1.29, 1.82) is 0 Å². The van der Waals surface area contributed by atoms with Crippen LogP contribution in [0.4, 0.5) is 24.7 Å². The Morgan fingerprint density at radius 3 is 2.50 bits per heavy atom. The molecule has 0 unspecified atom stereocenters. The molecule has 2 saturated heterocycles. The minimum Gasteiger partial charge on any atom is -0.497 e. The maximum absolute atomic E-state index is 16.0. The van der Waals surface area contributed by atoms with Crippen molar-refractivity contribution in [2.75, 3.05) is 63.3 Å². The Morgan fingerprint density at radius 1 is 1.09 bits per heavy atom. The molecule has 1 atom stereocenters. The predicted octanol–water partition coefficient (Wildman–Crippen LogP) is 5.89. The van der Waals surface area contributed by atoms with Gasteiger partial charge in [0, 0.05) is 51.0 Å². The monoisotopic (exact) mass is 682 g/mol. The van der Waals surface area contributed by atoms with Crippen LogP contribution < -0.4 is 18.7 Å². The van der Waals surface area contributed by atoms with E-state index in [1.807, 2.05) is 0 Å². The van der Waals surface area contributed by atoms with Gasteiger partial charge in [0.25, 0.3) is 10.0 Å². The summed E-state index contributed by atoms with van der Waals surface area (Å²) in [5.41, 5.74) is -0.210. The lowest BCUT2D eigenvalue weighted by Gasteiger charge is -2.51. The summed E-state index contributed by atoms with van der Waals surface area (Å²) in [6.07, 6.45) is 3.09. The van der Waals surface area contributed by atoms with Crippen molar-refractivity contribution >= 4 is 33.1 Å². The van der Waals surface area contributed by atoms with E-state index in [1.54, 1.807) is 18.1 Å². The van der Waals surface area contributed by atoms with Crippen LogP contribution >= 0.6 is 11.6 Å². The largest absolute Gasteiger partial charge is 0.497 e. The van der Waals surface area contributed by atoms with Gasteiger partial charge in [0.2, 0.25) is 5.95 Å². The number of hydrogen-bond acceptors (Lipinski definition) is 8. The van der Waals surface area contributed by atoms with Crippen LogP contribution in [0.3, 0.4) is 0 Å². The molecule has 0 spiro atoms. The standard InChI is InChI=1S/C32H38ClF3N4O5S/c1-21-7-6-13-38(17-21)14-12-32(45-4)19-39(20-32)25-16-24(34)31(30(36)29(25)33)46(41,42)40(28-9-5-8-27(35)37-28)18-22-10-11-23(43-2)15-26(22)44-3/h5,8-11,15-16,21H,6-7,12-14,17-20H2,1-4H3/t21-/m1/s1. The van der Waals surface area contributed by atoms with Crippen LogP contribution in [0.25, 0.3) is 0 Å². The molecule has 3 heterocycles. The normalized spacial score (nSPS) is 18.3. The fourth-order valence-electron chi connectivity index (χ4n) is 6.17. The van der Waals surface area contributed by atoms with Gasteiger partial charge >= 0.3 is 0 Å². The minimum atomic E-state index is -5.04. The third kappa shape index (κ3) is 6.87. The van der Waals surface area contributed by atoms with Crippen molar-refractivity contribution in [3.63, 3.8) is 0 Å². The molecule has 2 aromatic carbocycles. The van der Waals surface area contributed by atoms with Crippen LogP contribution in [0.1, 0.15) is 31.7 Å². The van der Waals surface area contributed by atoms with Crippen molar-refractivity contribution in [3.8, 4) is 11.5 Å². The van der Waals surface area contributed by atoms with Crippen molar-refractivity contribution < 1.29 is 35.8 Å². The highest BCUT2D eigenvalue weighted by atomic mass is 35.5. The van der Waals surface area contributed by atoms with Crippen LogP contribution in [-0.2, 0) is 21.3 Å². The molecule has 14 heteroatoms. The second-order valence-electron chi connectivity index (χ2n) is 11.9. The molecular weight excluding hydrogens is 645 g/mol. The lowest BCUT2D eigenvalue weighted by atomic mass is 9.88. The van der Waals surface area contributed by atoms with E-state index in [4.69, 9.17) is 25.8 Å². The lowest BCUT2D eigenvalue weighted by molar-refractivity contribution is -0.0467. The van der Waals surface area contributed by atoms with Gasteiger partial charge in [-0.15, -0.1) is 0 Å². The Balaban J connectivity index is 1.44. The summed E-state index contributed by atoms with van der Waals surface area (Å²) < 4.78 is 91.2. The van der Waals surface area contributed by atoms with Crippen LogP contribution in [0.2, 0.25) is 5.02 Å². The molecule has 9 nitrogen and oxygen atoms in total. The first-order chi connectivity index (χ1) is 21.9. The number of halogens is 4. The molecule has 3 aromatic rings. The summed E-state index contributed by atoms with van der Waals surface area (Å²) in [5, 5.41) is -0.552. The van der Waals surface area contributed by atoms with Gasteiger partial charge in [-0.2, -0.15) is 4.39 Å². The summed E-state index contributed by atoms with van der Waals surface area (Å²) in [5.74, 6) is -2.89. The van der Waals surface area contributed by atoms with Gasteiger partial charge in [0.15, 0.2) is 10.7 Å². The summed E-state index contributed by atoms with van der Waals surface area (Å²) in [4.78, 5) is 6.49. The van der Waals surface area contributed by atoms with Crippen molar-refractivity contribution in [3.05, 3.63) is 70.6 Å². The zero-order valence-electron chi connectivity index (χ0n) is 26.2. The molecular formula is C32H38ClF3N4O5S. The molecule has 0 amide bonds. The van der Waals surface area contributed by atoms with Crippen molar-refractivity contribution in [1.82, 2.24) is 9.88 Å². The van der Waals surface area contributed by atoms with Crippen molar-refractivity contribution in [2.24, 2.45) is 5.92 Å². The molecule has 250 valence electrons. The van der Waals surface area contributed by atoms with Gasteiger partial charge < -0.3 is 24.0 Å². The van der Waals surface area contributed by atoms with Gasteiger partial charge in [0.1, 0.15) is 33.8 Å². The fourth-order valence-corrected chi connectivity index (χ4v) is 8.00. The number of aromatic nitrogens is 1.